The lowest BCUT2D eigenvalue weighted by molar-refractivity contribution is -0.385. The standard InChI is InChI=1S/C19H20N2O5/c1-3-4-11-26-19(23)14-5-8-16(9-6-14)20-18(22)15-7-10-17(21(24)25)13(2)12-15/h5-10,12H,3-4,11H2,1-2H3,(H,20,22). The Labute approximate surface area is 151 Å². The summed E-state index contributed by atoms with van der Waals surface area (Å²) in [6.07, 6.45) is 1.76. The van der Waals surface area contributed by atoms with Crippen LogP contribution < -0.4 is 5.32 Å². The maximum atomic E-state index is 12.3. The van der Waals surface area contributed by atoms with Gasteiger partial charge in [0.05, 0.1) is 17.1 Å². The number of amides is 1. The number of ether oxygens (including phenoxy) is 1. The van der Waals surface area contributed by atoms with E-state index in [4.69, 9.17) is 4.74 Å². The fourth-order valence-electron chi connectivity index (χ4n) is 2.29. The summed E-state index contributed by atoms with van der Waals surface area (Å²) < 4.78 is 5.12. The molecule has 7 nitrogen and oxygen atoms in total. The van der Waals surface area contributed by atoms with E-state index in [0.717, 1.165) is 12.8 Å². The van der Waals surface area contributed by atoms with Gasteiger partial charge >= 0.3 is 5.97 Å². The van der Waals surface area contributed by atoms with E-state index < -0.39 is 10.9 Å². The van der Waals surface area contributed by atoms with Gasteiger partial charge in [-0.1, -0.05) is 13.3 Å². The van der Waals surface area contributed by atoms with Crippen LogP contribution in [0.5, 0.6) is 0 Å². The molecule has 2 aromatic rings. The van der Waals surface area contributed by atoms with E-state index in [1.54, 1.807) is 31.2 Å². The number of benzene rings is 2. The van der Waals surface area contributed by atoms with Crippen molar-refractivity contribution < 1.29 is 19.2 Å². The summed E-state index contributed by atoms with van der Waals surface area (Å²) in [4.78, 5) is 34.4. The maximum absolute atomic E-state index is 12.3. The van der Waals surface area contributed by atoms with Gasteiger partial charge in [-0.15, -0.1) is 0 Å². The Morgan fingerprint density at radius 2 is 1.77 bits per heavy atom. The fourth-order valence-corrected chi connectivity index (χ4v) is 2.29. The van der Waals surface area contributed by atoms with E-state index in [0.29, 0.717) is 29.0 Å². The van der Waals surface area contributed by atoms with Crippen LogP contribution in [0.15, 0.2) is 42.5 Å². The minimum Gasteiger partial charge on any atom is -0.462 e. The van der Waals surface area contributed by atoms with Crippen molar-refractivity contribution in [3.05, 3.63) is 69.3 Å². The number of nitro groups is 1. The van der Waals surface area contributed by atoms with Crippen LogP contribution in [0.4, 0.5) is 11.4 Å². The molecule has 1 N–H and O–H groups in total. The molecule has 0 spiro atoms. The number of carbonyl (C=O) groups is 2. The van der Waals surface area contributed by atoms with E-state index in [-0.39, 0.29) is 11.6 Å². The summed E-state index contributed by atoms with van der Waals surface area (Å²) in [6, 6.07) is 10.5. The number of rotatable bonds is 7. The van der Waals surface area contributed by atoms with Crippen LogP contribution in [0.3, 0.4) is 0 Å². The van der Waals surface area contributed by atoms with Gasteiger partial charge in [-0.2, -0.15) is 0 Å². The minimum atomic E-state index is -0.491. The Morgan fingerprint density at radius 3 is 2.35 bits per heavy atom. The number of nitrogens with zero attached hydrogens (tertiary/aromatic N) is 1. The molecule has 1 amide bonds. The predicted molar refractivity (Wildman–Crippen MR) is 97.4 cm³/mol. The molecule has 0 aromatic heterocycles. The normalized spacial score (nSPS) is 10.2. The number of aryl methyl sites for hydroxylation is 1. The molecule has 136 valence electrons. The Bertz CT molecular complexity index is 815. The Kier molecular flexibility index (Phi) is 6.43. The average molecular weight is 356 g/mol. The zero-order valence-corrected chi connectivity index (χ0v) is 14.7. The van der Waals surface area contributed by atoms with E-state index in [1.165, 1.54) is 18.2 Å². The lowest BCUT2D eigenvalue weighted by Crippen LogP contribution is -2.12. The molecular formula is C19H20N2O5. The van der Waals surface area contributed by atoms with Gasteiger partial charge in [0.25, 0.3) is 11.6 Å². The molecule has 0 saturated carbocycles. The van der Waals surface area contributed by atoms with E-state index in [2.05, 4.69) is 5.32 Å². The number of anilines is 1. The number of esters is 1. The zero-order valence-electron chi connectivity index (χ0n) is 14.7. The van der Waals surface area contributed by atoms with Crippen LogP contribution in [0.2, 0.25) is 0 Å². The summed E-state index contributed by atoms with van der Waals surface area (Å²) >= 11 is 0. The van der Waals surface area contributed by atoms with Crippen LogP contribution >= 0.6 is 0 Å². The molecule has 2 rings (SSSR count). The highest BCUT2D eigenvalue weighted by Gasteiger charge is 2.14. The van der Waals surface area contributed by atoms with Crippen molar-refractivity contribution in [1.29, 1.82) is 0 Å². The van der Waals surface area contributed by atoms with Gasteiger partial charge < -0.3 is 10.1 Å². The average Bonchev–Trinajstić information content (AvgIpc) is 2.62. The number of carbonyl (C=O) groups excluding carboxylic acids is 2. The second-order valence-corrected chi connectivity index (χ2v) is 5.78. The SMILES string of the molecule is CCCCOC(=O)c1ccc(NC(=O)c2ccc([N+](=O)[O-])c(C)c2)cc1. The zero-order chi connectivity index (χ0) is 19.1. The minimum absolute atomic E-state index is 0.0347. The molecule has 0 aliphatic heterocycles. The highest BCUT2D eigenvalue weighted by Crippen LogP contribution is 2.20. The van der Waals surface area contributed by atoms with Gasteiger partial charge in [0, 0.05) is 22.9 Å². The molecule has 0 heterocycles. The topological polar surface area (TPSA) is 98.5 Å². The Balaban J connectivity index is 2.02. The summed E-state index contributed by atoms with van der Waals surface area (Å²) in [5.41, 5.74) is 1.61. The van der Waals surface area contributed by atoms with Crippen molar-refractivity contribution in [2.45, 2.75) is 26.7 Å². The third-order valence-electron chi connectivity index (χ3n) is 3.77. The van der Waals surface area contributed by atoms with Crippen LogP contribution in [0, 0.1) is 17.0 Å². The van der Waals surface area contributed by atoms with Crippen molar-refractivity contribution >= 4 is 23.3 Å². The van der Waals surface area contributed by atoms with E-state index in [9.17, 15) is 19.7 Å². The maximum Gasteiger partial charge on any atom is 0.338 e. The van der Waals surface area contributed by atoms with Gasteiger partial charge in [-0.3, -0.25) is 14.9 Å². The number of nitrogens with one attached hydrogen (secondary N) is 1. The van der Waals surface area contributed by atoms with E-state index in [1.807, 2.05) is 6.92 Å². The summed E-state index contributed by atoms with van der Waals surface area (Å²) in [7, 11) is 0. The predicted octanol–water partition coefficient (Wildman–Crippen LogP) is 4.11. The van der Waals surface area contributed by atoms with Crippen LogP contribution in [0.1, 0.15) is 46.0 Å². The molecule has 0 unspecified atom stereocenters. The highest BCUT2D eigenvalue weighted by molar-refractivity contribution is 6.04. The summed E-state index contributed by atoms with van der Waals surface area (Å²) in [6.45, 7) is 3.97. The molecule has 0 radical (unpaired) electrons. The van der Waals surface area contributed by atoms with Crippen molar-refractivity contribution in [3.63, 3.8) is 0 Å². The molecule has 0 bridgehead atoms. The molecule has 0 saturated heterocycles. The monoisotopic (exact) mass is 356 g/mol. The molecule has 7 heteroatoms. The molecular weight excluding hydrogens is 336 g/mol. The third-order valence-corrected chi connectivity index (χ3v) is 3.77. The Hall–Kier alpha value is -3.22. The lowest BCUT2D eigenvalue weighted by atomic mass is 10.1. The first-order chi connectivity index (χ1) is 12.4. The second kappa shape index (κ2) is 8.75. The quantitative estimate of drug-likeness (QED) is 0.348. The van der Waals surface area contributed by atoms with Crippen LogP contribution in [-0.2, 0) is 4.74 Å². The molecule has 0 atom stereocenters. The molecule has 0 aliphatic carbocycles. The third kappa shape index (κ3) is 4.89. The first-order valence-corrected chi connectivity index (χ1v) is 8.26. The largest absolute Gasteiger partial charge is 0.462 e. The molecule has 2 aromatic carbocycles. The Morgan fingerprint density at radius 1 is 1.12 bits per heavy atom. The van der Waals surface area contributed by atoms with Gasteiger partial charge in [-0.25, -0.2) is 4.79 Å². The van der Waals surface area contributed by atoms with Crippen molar-refractivity contribution in [2.75, 3.05) is 11.9 Å². The smallest absolute Gasteiger partial charge is 0.338 e. The lowest BCUT2D eigenvalue weighted by Gasteiger charge is -2.08. The summed E-state index contributed by atoms with van der Waals surface area (Å²) in [5.74, 6) is -0.788. The van der Waals surface area contributed by atoms with Gasteiger partial charge in [0.1, 0.15) is 0 Å². The van der Waals surface area contributed by atoms with Gasteiger partial charge in [0.15, 0.2) is 0 Å². The summed E-state index contributed by atoms with van der Waals surface area (Å²) in [5, 5.41) is 13.5. The van der Waals surface area contributed by atoms with Crippen molar-refractivity contribution in [3.8, 4) is 0 Å². The molecule has 0 fully saturated rings. The van der Waals surface area contributed by atoms with Crippen molar-refractivity contribution in [1.82, 2.24) is 0 Å². The molecule has 0 aliphatic rings. The first kappa shape index (κ1) is 19.1. The first-order valence-electron chi connectivity index (χ1n) is 8.26. The highest BCUT2D eigenvalue weighted by atomic mass is 16.6. The van der Waals surface area contributed by atoms with Gasteiger partial charge in [0.2, 0.25) is 0 Å². The van der Waals surface area contributed by atoms with Crippen molar-refractivity contribution in [2.24, 2.45) is 0 Å². The van der Waals surface area contributed by atoms with Crippen LogP contribution in [0.25, 0.3) is 0 Å². The van der Waals surface area contributed by atoms with E-state index >= 15 is 0 Å². The fraction of sp³-hybridized carbons (Fsp3) is 0.263. The molecule has 26 heavy (non-hydrogen) atoms. The second-order valence-electron chi connectivity index (χ2n) is 5.78. The van der Waals surface area contributed by atoms with Gasteiger partial charge in [-0.05, 0) is 49.7 Å². The number of hydrogen-bond acceptors (Lipinski definition) is 5. The number of unbranched alkanes of at least 4 members (excludes halogenated alkanes) is 1. The number of nitro benzene ring substituents is 1. The van der Waals surface area contributed by atoms with Crippen LogP contribution in [-0.4, -0.2) is 23.4 Å². The number of hydrogen-bond donors (Lipinski definition) is 1.